The molecule has 134 valence electrons. The smallest absolute Gasteiger partial charge is 0.323 e. The van der Waals surface area contributed by atoms with E-state index in [4.69, 9.17) is 4.74 Å². The number of thiazole rings is 1. The zero-order chi connectivity index (χ0) is 17.9. The number of amides is 2. The molecule has 1 fully saturated rings. The van der Waals surface area contributed by atoms with Gasteiger partial charge in [0.05, 0.1) is 12.7 Å². The maximum absolute atomic E-state index is 12.4. The second-order valence-electron chi connectivity index (χ2n) is 6.57. The molecule has 0 bridgehead atoms. The molecule has 0 atom stereocenters. The molecule has 0 aromatic carbocycles. The van der Waals surface area contributed by atoms with Crippen LogP contribution in [-0.2, 0) is 4.74 Å². The van der Waals surface area contributed by atoms with Gasteiger partial charge in [-0.05, 0) is 40.5 Å². The number of anilines is 1. The highest BCUT2D eigenvalue weighted by molar-refractivity contribution is 7.16. The average Bonchev–Trinajstić information content (AvgIpc) is 2.84. The molecule has 0 saturated carbocycles. The van der Waals surface area contributed by atoms with Crippen molar-refractivity contribution in [2.24, 2.45) is 4.99 Å². The summed E-state index contributed by atoms with van der Waals surface area (Å²) in [5.74, 6) is 0.480. The van der Waals surface area contributed by atoms with Crippen LogP contribution in [-0.4, -0.2) is 58.8 Å². The van der Waals surface area contributed by atoms with Gasteiger partial charge >= 0.3 is 6.03 Å². The number of nitrogens with one attached hydrogen (secondary N) is 1. The number of aryl methyl sites for hydroxylation is 1. The van der Waals surface area contributed by atoms with Gasteiger partial charge in [0.15, 0.2) is 5.13 Å². The Kier molecular flexibility index (Phi) is 5.82. The van der Waals surface area contributed by atoms with E-state index in [9.17, 15) is 9.90 Å². The van der Waals surface area contributed by atoms with Gasteiger partial charge in [-0.2, -0.15) is 0 Å². The molecule has 2 amide bonds. The molecular formula is C16H26N4O3S. The van der Waals surface area contributed by atoms with E-state index >= 15 is 0 Å². The van der Waals surface area contributed by atoms with Gasteiger partial charge in [0, 0.05) is 24.0 Å². The predicted octanol–water partition coefficient (Wildman–Crippen LogP) is 2.63. The Hall–Kier alpha value is -1.67. The van der Waals surface area contributed by atoms with E-state index in [0.717, 1.165) is 4.88 Å². The third kappa shape index (κ3) is 4.67. The Morgan fingerprint density at radius 2 is 2.08 bits per heavy atom. The molecule has 0 unspecified atom stereocenters. The lowest BCUT2D eigenvalue weighted by Gasteiger charge is -2.35. The lowest BCUT2D eigenvalue weighted by atomic mass is 9.94. The number of methoxy groups -OCH3 is 1. The van der Waals surface area contributed by atoms with Crippen LogP contribution >= 0.6 is 11.3 Å². The van der Waals surface area contributed by atoms with Crippen molar-refractivity contribution in [1.29, 1.82) is 0 Å². The van der Waals surface area contributed by atoms with Gasteiger partial charge in [0.2, 0.25) is 5.90 Å². The van der Waals surface area contributed by atoms with Gasteiger partial charge in [0.1, 0.15) is 5.69 Å². The van der Waals surface area contributed by atoms with Crippen molar-refractivity contribution in [2.75, 3.05) is 25.5 Å². The second-order valence-corrected chi connectivity index (χ2v) is 7.77. The number of hydrogen-bond acceptors (Lipinski definition) is 6. The summed E-state index contributed by atoms with van der Waals surface area (Å²) in [6.07, 6.45) is 1.16. The molecule has 1 aromatic heterocycles. The number of aromatic nitrogens is 1. The van der Waals surface area contributed by atoms with Crippen molar-refractivity contribution >= 4 is 28.4 Å². The minimum Gasteiger partial charge on any atom is -0.480 e. The lowest BCUT2D eigenvalue weighted by Crippen LogP contribution is -2.46. The van der Waals surface area contributed by atoms with Crippen LogP contribution in [0.2, 0.25) is 0 Å². The summed E-state index contributed by atoms with van der Waals surface area (Å²) in [5.41, 5.74) is -0.0179. The van der Waals surface area contributed by atoms with E-state index < -0.39 is 5.60 Å². The Balaban J connectivity index is 2.06. The van der Waals surface area contributed by atoms with Gasteiger partial charge in [-0.15, -0.1) is 11.3 Å². The van der Waals surface area contributed by atoms with Gasteiger partial charge in [0.25, 0.3) is 0 Å². The van der Waals surface area contributed by atoms with Crippen LogP contribution in [0.5, 0.6) is 0 Å². The summed E-state index contributed by atoms with van der Waals surface area (Å²) >= 11 is 1.40. The van der Waals surface area contributed by atoms with Crippen LogP contribution in [0.15, 0.2) is 4.99 Å². The third-order valence-corrected chi connectivity index (χ3v) is 4.80. The van der Waals surface area contributed by atoms with Crippen LogP contribution in [0.1, 0.15) is 44.2 Å². The molecule has 0 spiro atoms. The number of aliphatic hydroxyl groups is 1. The summed E-state index contributed by atoms with van der Waals surface area (Å²) < 4.78 is 5.33. The number of urea groups is 1. The fourth-order valence-electron chi connectivity index (χ4n) is 2.46. The van der Waals surface area contributed by atoms with Crippen LogP contribution < -0.4 is 5.32 Å². The van der Waals surface area contributed by atoms with E-state index in [2.05, 4.69) is 15.3 Å². The van der Waals surface area contributed by atoms with E-state index in [1.54, 1.807) is 18.9 Å². The highest BCUT2D eigenvalue weighted by atomic mass is 32.1. The van der Waals surface area contributed by atoms with Crippen molar-refractivity contribution in [1.82, 2.24) is 9.88 Å². The third-order valence-electron chi connectivity index (χ3n) is 3.91. The van der Waals surface area contributed by atoms with Crippen LogP contribution in [0.4, 0.5) is 9.93 Å². The van der Waals surface area contributed by atoms with E-state index in [1.807, 2.05) is 20.8 Å². The minimum atomic E-state index is -0.678. The first-order chi connectivity index (χ1) is 11.2. The Morgan fingerprint density at radius 3 is 2.62 bits per heavy atom. The van der Waals surface area contributed by atoms with E-state index in [1.165, 1.54) is 11.3 Å². The predicted molar refractivity (Wildman–Crippen MR) is 96.0 cm³/mol. The number of likely N-dealkylation sites (tertiary alicyclic amines) is 1. The van der Waals surface area contributed by atoms with Gasteiger partial charge in [-0.1, -0.05) is 0 Å². The normalized spacial score (nSPS) is 18.0. The quantitative estimate of drug-likeness (QED) is 0.645. The molecule has 2 heterocycles. The molecule has 7 nitrogen and oxygen atoms in total. The van der Waals surface area contributed by atoms with Crippen LogP contribution in [0, 0.1) is 6.92 Å². The summed E-state index contributed by atoms with van der Waals surface area (Å²) in [6.45, 7) is 8.74. The Morgan fingerprint density at radius 1 is 1.46 bits per heavy atom. The first kappa shape index (κ1) is 18.7. The lowest BCUT2D eigenvalue weighted by molar-refractivity contribution is 0.00570. The number of carbonyl (C=O) groups is 1. The molecule has 1 aliphatic heterocycles. The molecule has 1 aliphatic rings. The van der Waals surface area contributed by atoms with Crippen molar-refractivity contribution < 1.29 is 14.6 Å². The van der Waals surface area contributed by atoms with Gasteiger partial charge in [-0.25, -0.2) is 14.8 Å². The molecule has 2 rings (SSSR count). The maximum Gasteiger partial charge on any atom is 0.323 e. The topological polar surface area (TPSA) is 87.1 Å². The number of aliphatic imine (C=N–C) groups is 1. The molecule has 0 radical (unpaired) electrons. The highest BCUT2D eigenvalue weighted by Gasteiger charge is 2.30. The van der Waals surface area contributed by atoms with Crippen LogP contribution in [0.3, 0.4) is 0 Å². The number of carbonyl (C=O) groups excluding carboxylic acids is 1. The summed E-state index contributed by atoms with van der Waals surface area (Å²) in [5, 5.41) is 13.3. The largest absolute Gasteiger partial charge is 0.480 e. The van der Waals surface area contributed by atoms with Crippen molar-refractivity contribution in [3.63, 3.8) is 0 Å². The zero-order valence-corrected chi connectivity index (χ0v) is 15.7. The minimum absolute atomic E-state index is 0.0974. The summed E-state index contributed by atoms with van der Waals surface area (Å²) in [4.78, 5) is 23.9. The molecule has 8 heteroatoms. The fraction of sp³-hybridized carbons (Fsp3) is 0.688. The van der Waals surface area contributed by atoms with Crippen LogP contribution in [0.25, 0.3) is 0 Å². The van der Waals surface area contributed by atoms with E-state index in [-0.39, 0.29) is 12.1 Å². The Labute approximate surface area is 146 Å². The first-order valence-corrected chi connectivity index (χ1v) is 8.91. The van der Waals surface area contributed by atoms with Gasteiger partial charge in [-0.3, -0.25) is 5.32 Å². The standard InChI is InChI=1S/C16H26N4O3S/c1-10(2)17-13(23-5)12-11(3)24-14(18-12)19-15(21)20-8-6-16(4,22)7-9-20/h10,22H,6-9H2,1-5H3,(H,18,19,21)/b17-13+. The fourth-order valence-corrected chi connectivity index (χ4v) is 3.25. The molecular weight excluding hydrogens is 328 g/mol. The highest BCUT2D eigenvalue weighted by Crippen LogP contribution is 2.25. The molecule has 0 aliphatic carbocycles. The SMILES string of the molecule is CO/C(=N/C(C)C)c1nc(NC(=O)N2CCC(C)(O)CC2)sc1C. The number of piperidine rings is 1. The first-order valence-electron chi connectivity index (χ1n) is 8.10. The van der Waals surface area contributed by atoms with Crippen molar-refractivity contribution in [2.45, 2.75) is 52.2 Å². The van der Waals surface area contributed by atoms with Gasteiger partial charge < -0.3 is 14.7 Å². The van der Waals surface area contributed by atoms with Crippen molar-refractivity contribution in [3.05, 3.63) is 10.6 Å². The van der Waals surface area contributed by atoms with Crippen molar-refractivity contribution in [3.8, 4) is 0 Å². The molecule has 1 saturated heterocycles. The number of hydrogen-bond donors (Lipinski definition) is 2. The summed E-state index contributed by atoms with van der Waals surface area (Å²) in [6, 6.07) is -0.0919. The average molecular weight is 354 g/mol. The number of ether oxygens (including phenoxy) is 1. The molecule has 24 heavy (non-hydrogen) atoms. The molecule has 1 aromatic rings. The summed E-state index contributed by atoms with van der Waals surface area (Å²) in [7, 11) is 1.57. The second kappa shape index (κ2) is 7.48. The van der Waals surface area contributed by atoms with E-state index in [0.29, 0.717) is 42.7 Å². The number of rotatable bonds is 3. The zero-order valence-electron chi connectivity index (χ0n) is 14.9. The number of nitrogens with zero attached hydrogens (tertiary/aromatic N) is 3. The molecule has 2 N–H and O–H groups in total. The maximum atomic E-state index is 12.4. The Bertz CT molecular complexity index is 615. The monoisotopic (exact) mass is 354 g/mol.